The molecule has 1 aromatic heterocycles. The molecule has 7 heteroatoms. The van der Waals surface area contributed by atoms with Gasteiger partial charge in [0, 0.05) is 11.7 Å². The highest BCUT2D eigenvalue weighted by molar-refractivity contribution is 9.10. The first-order chi connectivity index (χ1) is 10.9. The lowest BCUT2D eigenvalue weighted by Crippen LogP contribution is -2.60. The van der Waals surface area contributed by atoms with Gasteiger partial charge in [-0.2, -0.15) is 0 Å². The number of carbonyl (C=O) groups excluding carboxylic acids is 1. The number of halogens is 1. The molecule has 5 rings (SSSR count). The second kappa shape index (κ2) is 5.33. The van der Waals surface area contributed by atoms with Gasteiger partial charge in [0.15, 0.2) is 0 Å². The van der Waals surface area contributed by atoms with Crippen LogP contribution in [0.3, 0.4) is 0 Å². The molecule has 0 unspecified atom stereocenters. The number of nitrogens with zero attached hydrogens (tertiary/aromatic N) is 1. The van der Waals surface area contributed by atoms with Crippen molar-refractivity contribution in [3.63, 3.8) is 0 Å². The fourth-order valence-corrected chi connectivity index (χ4v) is 5.70. The molecular weight excluding hydrogens is 362 g/mol. The summed E-state index contributed by atoms with van der Waals surface area (Å²) in [7, 11) is 0. The van der Waals surface area contributed by atoms with Crippen LogP contribution in [0.15, 0.2) is 20.3 Å². The summed E-state index contributed by atoms with van der Waals surface area (Å²) in [5, 5.41) is 3.23. The lowest BCUT2D eigenvalue weighted by molar-refractivity contribution is -0.127. The summed E-state index contributed by atoms with van der Waals surface area (Å²) in [5.74, 6) is 2.12. The minimum absolute atomic E-state index is 0.0596. The summed E-state index contributed by atoms with van der Waals surface area (Å²) >= 11 is 3.09. The van der Waals surface area contributed by atoms with E-state index in [1.165, 1.54) is 30.0 Å². The maximum Gasteiger partial charge on any atom is 0.328 e. The number of aromatic nitrogens is 2. The number of hydrogen-bond donors (Lipinski definition) is 2. The van der Waals surface area contributed by atoms with E-state index in [9.17, 15) is 14.4 Å². The number of nitrogens with one attached hydrogen (secondary N) is 2. The molecule has 0 atom stereocenters. The number of hydrogen-bond acceptors (Lipinski definition) is 3. The zero-order valence-electron chi connectivity index (χ0n) is 12.8. The molecule has 0 saturated heterocycles. The van der Waals surface area contributed by atoms with Crippen LogP contribution in [-0.2, 0) is 11.3 Å². The topological polar surface area (TPSA) is 84.0 Å². The van der Waals surface area contributed by atoms with E-state index in [0.29, 0.717) is 0 Å². The molecule has 2 N–H and O–H groups in total. The smallest absolute Gasteiger partial charge is 0.328 e. The van der Waals surface area contributed by atoms with Crippen LogP contribution in [-0.4, -0.2) is 21.0 Å². The van der Waals surface area contributed by atoms with Crippen LogP contribution in [0.5, 0.6) is 0 Å². The van der Waals surface area contributed by atoms with Crippen LogP contribution in [0.4, 0.5) is 0 Å². The van der Waals surface area contributed by atoms with E-state index in [2.05, 4.69) is 26.2 Å². The summed E-state index contributed by atoms with van der Waals surface area (Å²) in [6.45, 7) is -0.0596. The maximum atomic E-state index is 12.5. The minimum Gasteiger partial charge on any atom is -0.349 e. The van der Waals surface area contributed by atoms with Gasteiger partial charge < -0.3 is 5.32 Å². The standard InChI is InChI=1S/C16H20BrN3O3/c17-12-7-20(15(23)18-14(12)22)8-13(21)19-16-4-9-1-10(5-16)3-11(2-9)6-16/h7,9-11H,1-6,8H2,(H,19,21)(H,18,22,23). The van der Waals surface area contributed by atoms with Gasteiger partial charge in [-0.15, -0.1) is 0 Å². The van der Waals surface area contributed by atoms with Gasteiger partial charge in [-0.25, -0.2) is 4.79 Å². The monoisotopic (exact) mass is 381 g/mol. The Bertz CT molecular complexity index is 731. The zero-order chi connectivity index (χ0) is 16.2. The Balaban J connectivity index is 1.50. The van der Waals surface area contributed by atoms with Crippen molar-refractivity contribution in [1.82, 2.24) is 14.9 Å². The Morgan fingerprint density at radius 1 is 1.22 bits per heavy atom. The summed E-state index contributed by atoms with van der Waals surface area (Å²) in [5.41, 5.74) is -1.10. The number of carbonyl (C=O) groups is 1. The fourth-order valence-electron chi connectivity index (χ4n) is 5.35. The highest BCUT2D eigenvalue weighted by Gasteiger charge is 2.51. The minimum atomic E-state index is -0.557. The largest absolute Gasteiger partial charge is 0.349 e. The van der Waals surface area contributed by atoms with E-state index in [4.69, 9.17) is 0 Å². The van der Waals surface area contributed by atoms with Gasteiger partial charge in [0.05, 0.1) is 4.47 Å². The summed E-state index contributed by atoms with van der Waals surface area (Å²) < 4.78 is 1.49. The SMILES string of the molecule is O=C(Cn1cc(Br)c(=O)[nH]c1=O)NC12CC3CC(CC(C3)C1)C2. The second-order valence-electron chi connectivity index (χ2n) is 7.61. The van der Waals surface area contributed by atoms with Crippen LogP contribution in [0.1, 0.15) is 38.5 Å². The van der Waals surface area contributed by atoms with E-state index in [-0.39, 0.29) is 22.5 Å². The van der Waals surface area contributed by atoms with Crippen LogP contribution < -0.4 is 16.6 Å². The molecule has 0 aliphatic heterocycles. The molecule has 23 heavy (non-hydrogen) atoms. The zero-order valence-corrected chi connectivity index (χ0v) is 14.4. The third-order valence-electron chi connectivity index (χ3n) is 5.72. The van der Waals surface area contributed by atoms with Crippen LogP contribution in [0.25, 0.3) is 0 Å². The lowest BCUT2D eigenvalue weighted by atomic mass is 9.53. The maximum absolute atomic E-state index is 12.5. The molecule has 6 nitrogen and oxygen atoms in total. The fraction of sp³-hybridized carbons (Fsp3) is 0.688. The molecular formula is C16H20BrN3O3. The molecule has 1 amide bonds. The van der Waals surface area contributed by atoms with Gasteiger partial charge in [0.1, 0.15) is 6.54 Å². The van der Waals surface area contributed by atoms with E-state index >= 15 is 0 Å². The van der Waals surface area contributed by atoms with Gasteiger partial charge in [0.25, 0.3) is 5.56 Å². The number of rotatable bonds is 3. The molecule has 0 spiro atoms. The van der Waals surface area contributed by atoms with E-state index in [1.54, 1.807) is 0 Å². The van der Waals surface area contributed by atoms with Crippen molar-refractivity contribution in [2.45, 2.75) is 50.6 Å². The first-order valence-electron chi connectivity index (χ1n) is 8.23. The van der Waals surface area contributed by atoms with Crippen LogP contribution in [0, 0.1) is 17.8 Å². The number of amides is 1. The Labute approximate surface area is 141 Å². The molecule has 1 heterocycles. The molecule has 4 aliphatic carbocycles. The predicted octanol–water partition coefficient (Wildman–Crippen LogP) is 1.38. The number of aromatic amines is 1. The first-order valence-corrected chi connectivity index (χ1v) is 9.02. The highest BCUT2D eigenvalue weighted by Crippen LogP contribution is 2.55. The van der Waals surface area contributed by atoms with Crippen molar-refractivity contribution in [2.75, 3.05) is 0 Å². The molecule has 4 bridgehead atoms. The van der Waals surface area contributed by atoms with Gasteiger partial charge in [-0.3, -0.25) is 19.1 Å². The Morgan fingerprint density at radius 3 is 2.35 bits per heavy atom. The lowest BCUT2D eigenvalue weighted by Gasteiger charge is -2.56. The van der Waals surface area contributed by atoms with Gasteiger partial charge in [-0.05, 0) is 72.2 Å². The van der Waals surface area contributed by atoms with Gasteiger partial charge >= 0.3 is 5.69 Å². The van der Waals surface area contributed by atoms with Crippen molar-refractivity contribution < 1.29 is 4.79 Å². The quantitative estimate of drug-likeness (QED) is 0.829. The average molecular weight is 382 g/mol. The molecule has 0 aromatic carbocycles. The Morgan fingerprint density at radius 2 is 1.78 bits per heavy atom. The summed E-state index contributed by atoms with van der Waals surface area (Å²) in [6, 6.07) is 0. The molecule has 4 saturated carbocycles. The van der Waals surface area contributed by atoms with E-state index in [0.717, 1.165) is 37.0 Å². The summed E-state index contributed by atoms with van der Waals surface area (Å²) in [4.78, 5) is 37.8. The third-order valence-corrected chi connectivity index (χ3v) is 6.29. The molecule has 4 aliphatic rings. The van der Waals surface area contributed by atoms with Gasteiger partial charge in [-0.1, -0.05) is 0 Å². The normalized spacial score (nSPS) is 34.6. The van der Waals surface area contributed by atoms with E-state index in [1.807, 2.05) is 0 Å². The first kappa shape index (κ1) is 15.2. The van der Waals surface area contributed by atoms with Crippen LogP contribution in [0.2, 0.25) is 0 Å². The van der Waals surface area contributed by atoms with Crippen molar-refractivity contribution in [3.05, 3.63) is 31.5 Å². The predicted molar refractivity (Wildman–Crippen MR) is 88.1 cm³/mol. The molecule has 124 valence electrons. The Kier molecular flexibility index (Phi) is 3.51. The van der Waals surface area contributed by atoms with Gasteiger partial charge in [0.2, 0.25) is 5.91 Å². The highest BCUT2D eigenvalue weighted by atomic mass is 79.9. The second-order valence-corrected chi connectivity index (χ2v) is 8.46. The van der Waals surface area contributed by atoms with Crippen molar-refractivity contribution in [3.8, 4) is 0 Å². The van der Waals surface area contributed by atoms with Crippen molar-refractivity contribution in [2.24, 2.45) is 17.8 Å². The van der Waals surface area contributed by atoms with E-state index < -0.39 is 11.2 Å². The molecule has 4 fully saturated rings. The number of H-pyrrole nitrogens is 1. The summed E-state index contributed by atoms with van der Waals surface area (Å²) in [6.07, 6.45) is 8.57. The van der Waals surface area contributed by atoms with Crippen molar-refractivity contribution >= 4 is 21.8 Å². The molecule has 1 aromatic rings. The Hall–Kier alpha value is -1.37. The van der Waals surface area contributed by atoms with Crippen LogP contribution >= 0.6 is 15.9 Å². The van der Waals surface area contributed by atoms with Crippen molar-refractivity contribution in [1.29, 1.82) is 0 Å². The molecule has 0 radical (unpaired) electrons. The average Bonchev–Trinajstić information content (AvgIpc) is 2.42. The third kappa shape index (κ3) is 2.79.